The second kappa shape index (κ2) is 3.19. The Balaban J connectivity index is 3.54. The van der Waals surface area contributed by atoms with Gasteiger partial charge in [-0.15, -0.1) is 0 Å². The van der Waals surface area contributed by atoms with Crippen LogP contribution in [-0.2, 0) is 0 Å². The van der Waals surface area contributed by atoms with Crippen LogP contribution < -0.4 is 5.49 Å². The van der Waals surface area contributed by atoms with Crippen LogP contribution in [0.4, 0.5) is 0 Å². The molecule has 1 aromatic rings. The largest absolute Gasteiger partial charge is 0.291 e. The minimum absolute atomic E-state index is 0.174. The monoisotopic (exact) mass is 233 g/mol. The summed E-state index contributed by atoms with van der Waals surface area (Å²) in [5.41, 5.74) is 0.174. The molecule has 0 bridgehead atoms. The molecule has 0 aliphatic carbocycles. The average molecular weight is 234 g/mol. The Morgan fingerprint density at radius 3 is 2.64 bits per heavy atom. The van der Waals surface area contributed by atoms with Crippen molar-refractivity contribution in [3.63, 3.8) is 0 Å². The summed E-state index contributed by atoms with van der Waals surface area (Å²) in [6.07, 6.45) is 0.995. The van der Waals surface area contributed by atoms with E-state index in [0.29, 0.717) is 9.63 Å². The van der Waals surface area contributed by atoms with Crippen LogP contribution in [-0.4, -0.2) is 10.9 Å². The van der Waals surface area contributed by atoms with Crippen molar-refractivity contribution in [1.82, 2.24) is 4.57 Å². The van der Waals surface area contributed by atoms with E-state index in [1.807, 2.05) is 0 Å². The Labute approximate surface area is 76.8 Å². The van der Waals surface area contributed by atoms with E-state index in [2.05, 4.69) is 15.9 Å². The molecule has 2 N–H and O–H groups in total. The lowest BCUT2D eigenvalue weighted by Crippen LogP contribution is -2.20. The van der Waals surface area contributed by atoms with Crippen LogP contribution in [0.3, 0.4) is 0 Å². The zero-order valence-corrected chi connectivity index (χ0v) is 7.78. The molecule has 0 aliphatic heterocycles. The van der Waals surface area contributed by atoms with Crippen LogP contribution in [0, 0.1) is 10.8 Å². The highest BCUT2D eigenvalue weighted by molar-refractivity contribution is 9.10. The predicted octanol–water partition coefficient (Wildman–Crippen LogP) is 1.84. The van der Waals surface area contributed by atoms with E-state index in [4.69, 9.17) is 22.4 Å². The molecule has 0 radical (unpaired) electrons. The highest BCUT2D eigenvalue weighted by Gasteiger charge is 1.98. The van der Waals surface area contributed by atoms with Crippen LogP contribution in [0.5, 0.6) is 0 Å². The van der Waals surface area contributed by atoms with Gasteiger partial charge < -0.3 is 0 Å². The molecule has 0 aliphatic rings. The summed E-state index contributed by atoms with van der Waals surface area (Å²) in [5, 5.41) is 14.7. The van der Waals surface area contributed by atoms with E-state index in [-0.39, 0.29) is 5.49 Å². The fourth-order valence-electron chi connectivity index (χ4n) is 0.649. The van der Waals surface area contributed by atoms with Gasteiger partial charge >= 0.3 is 0 Å². The first-order valence-electron chi connectivity index (χ1n) is 2.78. The Bertz CT molecular complexity index is 344. The SMILES string of the molecule is N=Cn1c(Cl)ccc(Br)c1=N. The van der Waals surface area contributed by atoms with Gasteiger partial charge in [-0.3, -0.25) is 15.4 Å². The Morgan fingerprint density at radius 1 is 1.55 bits per heavy atom. The van der Waals surface area contributed by atoms with Gasteiger partial charge in [-0.25, -0.2) is 0 Å². The van der Waals surface area contributed by atoms with E-state index >= 15 is 0 Å². The van der Waals surface area contributed by atoms with Crippen LogP contribution in [0.1, 0.15) is 0 Å². The zero-order valence-electron chi connectivity index (χ0n) is 5.44. The summed E-state index contributed by atoms with van der Waals surface area (Å²) < 4.78 is 1.87. The summed E-state index contributed by atoms with van der Waals surface area (Å²) in [6.45, 7) is 0. The number of aromatic nitrogens is 1. The molecular formula is C6H5BrClN3. The lowest BCUT2D eigenvalue weighted by atomic mass is 10.5. The van der Waals surface area contributed by atoms with Crippen molar-refractivity contribution in [3.8, 4) is 0 Å². The molecule has 3 nitrogen and oxygen atoms in total. The quantitative estimate of drug-likeness (QED) is 0.423. The highest BCUT2D eigenvalue weighted by atomic mass is 79.9. The van der Waals surface area contributed by atoms with E-state index in [1.54, 1.807) is 12.1 Å². The van der Waals surface area contributed by atoms with Crippen LogP contribution >= 0.6 is 27.5 Å². The third-order valence-corrected chi connectivity index (χ3v) is 2.14. The molecule has 1 aromatic heterocycles. The lowest BCUT2D eigenvalue weighted by Gasteiger charge is -2.01. The topological polar surface area (TPSA) is 52.6 Å². The third-order valence-electron chi connectivity index (χ3n) is 1.19. The summed E-state index contributed by atoms with van der Waals surface area (Å²) in [4.78, 5) is 0. The molecule has 0 saturated carbocycles. The molecule has 0 aromatic carbocycles. The number of nitrogens with zero attached hydrogens (tertiary/aromatic N) is 1. The summed E-state index contributed by atoms with van der Waals surface area (Å²) >= 11 is 8.82. The molecule has 0 unspecified atom stereocenters. The van der Waals surface area contributed by atoms with E-state index in [1.165, 1.54) is 4.57 Å². The first-order valence-corrected chi connectivity index (χ1v) is 3.95. The normalized spacial score (nSPS) is 9.64. The Kier molecular flexibility index (Phi) is 2.46. The van der Waals surface area contributed by atoms with Crippen molar-refractivity contribution in [3.05, 3.63) is 27.2 Å². The highest BCUT2D eigenvalue weighted by Crippen LogP contribution is 2.08. The van der Waals surface area contributed by atoms with Crippen molar-refractivity contribution in [1.29, 1.82) is 10.8 Å². The average Bonchev–Trinajstić information content (AvgIpc) is 1.99. The minimum atomic E-state index is 0.174. The number of hydrogen-bond donors (Lipinski definition) is 2. The smallest absolute Gasteiger partial charge is 0.145 e. The van der Waals surface area contributed by atoms with Crippen molar-refractivity contribution >= 4 is 33.9 Å². The molecular weight excluding hydrogens is 229 g/mol. The molecule has 5 heteroatoms. The molecule has 0 saturated heterocycles. The van der Waals surface area contributed by atoms with Gasteiger partial charge in [0.15, 0.2) is 0 Å². The molecule has 1 rings (SSSR count). The minimum Gasteiger partial charge on any atom is -0.291 e. The fraction of sp³-hybridized carbons (Fsp3) is 0. The van der Waals surface area contributed by atoms with Crippen molar-refractivity contribution in [2.24, 2.45) is 0 Å². The third kappa shape index (κ3) is 1.52. The molecule has 58 valence electrons. The van der Waals surface area contributed by atoms with Crippen LogP contribution in [0.25, 0.3) is 0 Å². The molecule has 0 amide bonds. The van der Waals surface area contributed by atoms with Gasteiger partial charge in [0, 0.05) is 0 Å². The van der Waals surface area contributed by atoms with Gasteiger partial charge in [-0.05, 0) is 28.1 Å². The van der Waals surface area contributed by atoms with Gasteiger partial charge in [0.2, 0.25) is 0 Å². The number of pyridine rings is 1. The maximum atomic E-state index is 7.42. The number of halogens is 2. The molecule has 0 atom stereocenters. The van der Waals surface area contributed by atoms with Crippen LogP contribution in [0.15, 0.2) is 16.6 Å². The fourth-order valence-corrected chi connectivity index (χ4v) is 1.17. The first kappa shape index (κ1) is 8.49. The maximum Gasteiger partial charge on any atom is 0.145 e. The van der Waals surface area contributed by atoms with Crippen molar-refractivity contribution in [2.75, 3.05) is 0 Å². The standard InChI is InChI=1S/C6H5BrClN3/c7-4-1-2-5(8)11(3-9)6(4)10/h1-3,9-10H. The van der Waals surface area contributed by atoms with E-state index < -0.39 is 0 Å². The van der Waals surface area contributed by atoms with Gasteiger partial charge in [0.05, 0.1) is 10.8 Å². The predicted molar refractivity (Wildman–Crippen MR) is 47.2 cm³/mol. The first-order chi connectivity index (χ1) is 5.16. The number of rotatable bonds is 1. The van der Waals surface area contributed by atoms with E-state index in [9.17, 15) is 0 Å². The molecule has 0 fully saturated rings. The summed E-state index contributed by atoms with van der Waals surface area (Å²) in [5.74, 6) is 0. The van der Waals surface area contributed by atoms with Gasteiger partial charge in [-0.2, -0.15) is 0 Å². The van der Waals surface area contributed by atoms with Crippen molar-refractivity contribution < 1.29 is 0 Å². The Hall–Kier alpha value is -0.610. The van der Waals surface area contributed by atoms with Crippen molar-refractivity contribution in [2.45, 2.75) is 0 Å². The zero-order chi connectivity index (χ0) is 8.43. The maximum absolute atomic E-state index is 7.42. The van der Waals surface area contributed by atoms with Crippen LogP contribution in [0.2, 0.25) is 5.15 Å². The molecule has 11 heavy (non-hydrogen) atoms. The summed E-state index contributed by atoms with van der Waals surface area (Å²) in [7, 11) is 0. The summed E-state index contributed by atoms with van der Waals surface area (Å²) in [6, 6.07) is 3.29. The van der Waals surface area contributed by atoms with Gasteiger partial charge in [0.1, 0.15) is 10.6 Å². The lowest BCUT2D eigenvalue weighted by molar-refractivity contribution is 0.974. The second-order valence-corrected chi connectivity index (χ2v) is 3.09. The molecule has 1 heterocycles. The number of nitrogens with one attached hydrogen (secondary N) is 2. The molecule has 0 spiro atoms. The number of hydrogen-bond acceptors (Lipinski definition) is 2. The van der Waals surface area contributed by atoms with E-state index in [0.717, 1.165) is 6.34 Å². The second-order valence-electron chi connectivity index (χ2n) is 1.85. The van der Waals surface area contributed by atoms with Gasteiger partial charge in [-0.1, -0.05) is 11.6 Å². The van der Waals surface area contributed by atoms with Gasteiger partial charge in [0.25, 0.3) is 0 Å². The Morgan fingerprint density at radius 2 is 2.18 bits per heavy atom.